The van der Waals surface area contributed by atoms with Crippen molar-refractivity contribution in [2.75, 3.05) is 0 Å². The van der Waals surface area contributed by atoms with Crippen molar-refractivity contribution in [2.45, 2.75) is 13.3 Å². The SMILES string of the molecule is CCc1ccc(-c2cc(F)c(-c3ccc4cc(F)c(F)cc4c3)c(F)c2)c(F)c1. The molecule has 0 aliphatic heterocycles. The van der Waals surface area contributed by atoms with Crippen LogP contribution in [0.5, 0.6) is 0 Å². The van der Waals surface area contributed by atoms with Gasteiger partial charge in [0.25, 0.3) is 0 Å². The molecule has 0 atom stereocenters. The van der Waals surface area contributed by atoms with Crippen LogP contribution in [-0.2, 0) is 6.42 Å². The second kappa shape index (κ2) is 7.32. The molecule has 0 aromatic heterocycles. The van der Waals surface area contributed by atoms with E-state index < -0.39 is 29.1 Å². The lowest BCUT2D eigenvalue weighted by molar-refractivity contribution is 0.511. The molecular formula is C24H15F5. The molecule has 0 unspecified atom stereocenters. The summed E-state index contributed by atoms with van der Waals surface area (Å²) in [7, 11) is 0. The minimum absolute atomic E-state index is 0.0813. The van der Waals surface area contributed by atoms with Gasteiger partial charge in [0.15, 0.2) is 11.6 Å². The first kappa shape index (κ1) is 19.1. The predicted octanol–water partition coefficient (Wildman–Crippen LogP) is 7.43. The molecule has 0 amide bonds. The molecule has 0 nitrogen and oxygen atoms in total. The van der Waals surface area contributed by atoms with Crippen molar-refractivity contribution < 1.29 is 22.0 Å². The molecule has 0 saturated heterocycles. The summed E-state index contributed by atoms with van der Waals surface area (Å²) < 4.78 is 70.8. The first-order valence-electron chi connectivity index (χ1n) is 9.04. The summed E-state index contributed by atoms with van der Waals surface area (Å²) >= 11 is 0. The first-order valence-corrected chi connectivity index (χ1v) is 9.04. The molecule has 29 heavy (non-hydrogen) atoms. The van der Waals surface area contributed by atoms with Gasteiger partial charge in [0, 0.05) is 5.56 Å². The van der Waals surface area contributed by atoms with E-state index in [1.54, 1.807) is 6.07 Å². The zero-order valence-corrected chi connectivity index (χ0v) is 15.4. The van der Waals surface area contributed by atoms with Crippen LogP contribution in [0.15, 0.2) is 60.7 Å². The van der Waals surface area contributed by atoms with Gasteiger partial charge in [0.2, 0.25) is 0 Å². The van der Waals surface area contributed by atoms with Crippen molar-refractivity contribution in [1.82, 2.24) is 0 Å². The van der Waals surface area contributed by atoms with Crippen LogP contribution in [0.4, 0.5) is 22.0 Å². The lowest BCUT2D eigenvalue weighted by Crippen LogP contribution is -1.95. The lowest BCUT2D eigenvalue weighted by atomic mass is 9.96. The van der Waals surface area contributed by atoms with Crippen LogP contribution in [-0.4, -0.2) is 0 Å². The summed E-state index contributed by atoms with van der Waals surface area (Å²) in [6, 6.07) is 13.0. The standard InChI is InChI=1S/C24H15F5/c1-2-13-3-6-18(19(25)7-13)17-11-22(28)24(23(29)12-17)15-5-4-14-9-20(26)21(27)10-16(14)8-15/h3-12H,2H2,1H3. The monoisotopic (exact) mass is 398 g/mol. The predicted molar refractivity (Wildman–Crippen MR) is 104 cm³/mol. The van der Waals surface area contributed by atoms with Gasteiger partial charge >= 0.3 is 0 Å². The van der Waals surface area contributed by atoms with Crippen molar-refractivity contribution >= 4 is 10.8 Å². The molecule has 0 aliphatic carbocycles. The summed E-state index contributed by atoms with van der Waals surface area (Å²) in [6.45, 7) is 1.88. The Morgan fingerprint density at radius 2 is 1.21 bits per heavy atom. The number of hydrogen-bond acceptors (Lipinski definition) is 0. The van der Waals surface area contributed by atoms with Crippen molar-refractivity contribution in [3.8, 4) is 22.3 Å². The van der Waals surface area contributed by atoms with Crippen molar-refractivity contribution in [1.29, 1.82) is 0 Å². The molecular weight excluding hydrogens is 383 g/mol. The van der Waals surface area contributed by atoms with E-state index >= 15 is 0 Å². The van der Waals surface area contributed by atoms with Gasteiger partial charge in [0.1, 0.15) is 17.5 Å². The maximum Gasteiger partial charge on any atom is 0.159 e. The van der Waals surface area contributed by atoms with E-state index in [-0.39, 0.29) is 22.3 Å². The van der Waals surface area contributed by atoms with E-state index in [1.807, 2.05) is 6.92 Å². The van der Waals surface area contributed by atoms with E-state index in [1.165, 1.54) is 30.3 Å². The smallest absolute Gasteiger partial charge is 0.159 e. The van der Waals surface area contributed by atoms with Gasteiger partial charge in [-0.2, -0.15) is 0 Å². The summed E-state index contributed by atoms with van der Waals surface area (Å²) in [5.41, 5.74) is 0.821. The largest absolute Gasteiger partial charge is 0.206 e. The average molecular weight is 398 g/mol. The Labute approximate surface area is 164 Å². The van der Waals surface area contributed by atoms with Crippen molar-refractivity contribution in [3.05, 3.63) is 95.3 Å². The summed E-state index contributed by atoms with van der Waals surface area (Å²) in [5, 5.41) is 0.716. The van der Waals surface area contributed by atoms with Crippen LogP contribution in [0, 0.1) is 29.1 Å². The summed E-state index contributed by atoms with van der Waals surface area (Å²) in [5.74, 6) is -4.35. The van der Waals surface area contributed by atoms with Crippen molar-refractivity contribution in [3.63, 3.8) is 0 Å². The Bertz CT molecular complexity index is 1220. The fourth-order valence-electron chi connectivity index (χ4n) is 3.41. The Morgan fingerprint density at radius 1 is 0.552 bits per heavy atom. The second-order valence-corrected chi connectivity index (χ2v) is 6.81. The van der Waals surface area contributed by atoms with Crippen LogP contribution in [0.1, 0.15) is 12.5 Å². The van der Waals surface area contributed by atoms with Gasteiger partial charge in [-0.1, -0.05) is 31.2 Å². The number of rotatable bonds is 3. The fraction of sp³-hybridized carbons (Fsp3) is 0.0833. The maximum absolute atomic E-state index is 14.8. The van der Waals surface area contributed by atoms with Crippen LogP contribution < -0.4 is 0 Å². The van der Waals surface area contributed by atoms with E-state index in [9.17, 15) is 22.0 Å². The molecule has 4 aromatic rings. The highest BCUT2D eigenvalue weighted by molar-refractivity contribution is 5.88. The molecule has 0 fully saturated rings. The third-order valence-corrected chi connectivity index (χ3v) is 4.96. The van der Waals surface area contributed by atoms with Crippen LogP contribution in [0.3, 0.4) is 0 Å². The van der Waals surface area contributed by atoms with Gasteiger partial charge in [-0.15, -0.1) is 0 Å². The quantitative estimate of drug-likeness (QED) is 0.315. The third kappa shape index (κ3) is 3.48. The van der Waals surface area contributed by atoms with Crippen LogP contribution >= 0.6 is 0 Å². The normalized spacial score (nSPS) is 11.2. The van der Waals surface area contributed by atoms with Gasteiger partial charge in [-0.25, -0.2) is 22.0 Å². The molecule has 146 valence electrons. The number of benzene rings is 4. The number of fused-ring (bicyclic) bond motifs is 1. The Hall–Kier alpha value is -3.21. The Kier molecular flexibility index (Phi) is 4.82. The van der Waals surface area contributed by atoms with Crippen molar-refractivity contribution in [2.24, 2.45) is 0 Å². The summed E-state index contributed by atoms with van der Waals surface area (Å²) in [4.78, 5) is 0. The average Bonchev–Trinajstić information content (AvgIpc) is 2.68. The third-order valence-electron chi connectivity index (χ3n) is 4.96. The number of aryl methyl sites for hydroxylation is 1. The van der Waals surface area contributed by atoms with Crippen LogP contribution in [0.2, 0.25) is 0 Å². The topological polar surface area (TPSA) is 0 Å². The molecule has 4 aromatic carbocycles. The van der Waals surface area contributed by atoms with Gasteiger partial charge in [0.05, 0.1) is 5.56 Å². The zero-order valence-electron chi connectivity index (χ0n) is 15.4. The molecule has 4 rings (SSSR count). The van der Waals surface area contributed by atoms with E-state index in [0.29, 0.717) is 17.2 Å². The summed E-state index contributed by atoms with van der Waals surface area (Å²) in [6.07, 6.45) is 0.644. The first-order chi connectivity index (χ1) is 13.9. The maximum atomic E-state index is 14.8. The Balaban J connectivity index is 1.82. The van der Waals surface area contributed by atoms with Gasteiger partial charge in [-0.05, 0) is 70.3 Å². The van der Waals surface area contributed by atoms with Crippen LogP contribution in [0.25, 0.3) is 33.0 Å². The molecule has 5 heteroatoms. The molecule has 0 aliphatic rings. The molecule has 0 radical (unpaired) electrons. The minimum Gasteiger partial charge on any atom is -0.206 e. The number of hydrogen-bond donors (Lipinski definition) is 0. The van der Waals surface area contributed by atoms with Gasteiger partial charge < -0.3 is 0 Å². The molecule has 0 bridgehead atoms. The molecule has 0 saturated carbocycles. The fourth-order valence-corrected chi connectivity index (χ4v) is 3.41. The highest BCUT2D eigenvalue weighted by Gasteiger charge is 2.17. The lowest BCUT2D eigenvalue weighted by Gasteiger charge is -2.11. The minimum atomic E-state index is -1.04. The highest BCUT2D eigenvalue weighted by Crippen LogP contribution is 2.34. The molecule has 0 N–H and O–H groups in total. The van der Waals surface area contributed by atoms with Gasteiger partial charge in [-0.3, -0.25) is 0 Å². The van der Waals surface area contributed by atoms with E-state index in [2.05, 4.69) is 0 Å². The Morgan fingerprint density at radius 3 is 1.83 bits per heavy atom. The highest BCUT2D eigenvalue weighted by atomic mass is 19.2. The van der Waals surface area contributed by atoms with E-state index in [4.69, 9.17) is 0 Å². The van der Waals surface area contributed by atoms with E-state index in [0.717, 1.165) is 29.8 Å². The number of halogens is 5. The molecule has 0 heterocycles. The second-order valence-electron chi connectivity index (χ2n) is 6.81. The zero-order chi connectivity index (χ0) is 20.7. The molecule has 0 spiro atoms.